The maximum Gasteiger partial charge on any atom is 0.161 e. The number of ether oxygens (including phenoxy) is 2. The summed E-state index contributed by atoms with van der Waals surface area (Å²) >= 11 is 0. The van der Waals surface area contributed by atoms with Gasteiger partial charge in [0.2, 0.25) is 0 Å². The van der Waals surface area contributed by atoms with Gasteiger partial charge in [0.1, 0.15) is 39.3 Å². The third-order valence-corrected chi connectivity index (χ3v) is 5.68. The number of quaternary nitrogens is 2. The highest BCUT2D eigenvalue weighted by molar-refractivity contribution is 5.82. The van der Waals surface area contributed by atoms with E-state index in [2.05, 4.69) is 47.6 Å². The lowest BCUT2D eigenvalue weighted by Crippen LogP contribution is -3.27. The van der Waals surface area contributed by atoms with E-state index < -0.39 is 0 Å². The molecule has 0 spiro atoms. The SMILES string of the molecule is COc1ccc(C[NH+]2CC[NH+](Cc3c[nH]c4ccccc34)CC2)cc1OC. The first-order valence-corrected chi connectivity index (χ1v) is 9.70. The van der Waals surface area contributed by atoms with Gasteiger partial charge in [0.25, 0.3) is 0 Å². The van der Waals surface area contributed by atoms with Crippen LogP contribution >= 0.6 is 0 Å². The summed E-state index contributed by atoms with van der Waals surface area (Å²) in [6.07, 6.45) is 2.18. The lowest BCUT2D eigenvalue weighted by atomic mass is 10.1. The van der Waals surface area contributed by atoms with Crippen molar-refractivity contribution in [3.05, 3.63) is 59.8 Å². The predicted octanol–water partition coefficient (Wildman–Crippen LogP) is 0.669. The number of rotatable bonds is 6. The number of aromatic nitrogens is 1. The fourth-order valence-electron chi connectivity index (χ4n) is 4.14. The van der Waals surface area contributed by atoms with Crippen molar-refractivity contribution in [2.75, 3.05) is 40.4 Å². The van der Waals surface area contributed by atoms with Gasteiger partial charge in [0.05, 0.1) is 14.2 Å². The van der Waals surface area contributed by atoms with E-state index in [1.54, 1.807) is 24.0 Å². The van der Waals surface area contributed by atoms with Gasteiger partial charge in [0, 0.05) is 28.2 Å². The van der Waals surface area contributed by atoms with Crippen molar-refractivity contribution in [1.29, 1.82) is 0 Å². The van der Waals surface area contributed by atoms with Crippen LogP contribution in [0.3, 0.4) is 0 Å². The molecule has 5 heteroatoms. The molecule has 0 saturated carbocycles. The molecule has 3 aromatic rings. The van der Waals surface area contributed by atoms with Gasteiger partial charge >= 0.3 is 0 Å². The third kappa shape index (κ3) is 3.94. The van der Waals surface area contributed by atoms with Crippen LogP contribution in [0, 0.1) is 0 Å². The quantitative estimate of drug-likeness (QED) is 0.600. The molecule has 1 saturated heterocycles. The fourth-order valence-corrected chi connectivity index (χ4v) is 4.14. The van der Waals surface area contributed by atoms with Gasteiger partial charge < -0.3 is 24.3 Å². The molecule has 0 amide bonds. The maximum absolute atomic E-state index is 5.44. The van der Waals surface area contributed by atoms with Crippen LogP contribution in [-0.4, -0.2) is 45.4 Å². The van der Waals surface area contributed by atoms with Crippen molar-refractivity contribution in [3.8, 4) is 11.5 Å². The number of fused-ring (bicyclic) bond motifs is 1. The van der Waals surface area contributed by atoms with Crippen LogP contribution in [0.1, 0.15) is 11.1 Å². The molecule has 1 fully saturated rings. The van der Waals surface area contributed by atoms with Gasteiger partial charge in [-0.15, -0.1) is 0 Å². The molecular formula is C22H29N3O2+2. The highest BCUT2D eigenvalue weighted by atomic mass is 16.5. The topological polar surface area (TPSA) is 43.1 Å². The predicted molar refractivity (Wildman–Crippen MR) is 107 cm³/mol. The Balaban J connectivity index is 1.34. The maximum atomic E-state index is 5.44. The number of piperazine rings is 1. The second-order valence-electron chi connectivity index (χ2n) is 7.40. The highest BCUT2D eigenvalue weighted by Gasteiger charge is 2.24. The van der Waals surface area contributed by atoms with Crippen LogP contribution in [0.15, 0.2) is 48.7 Å². The van der Waals surface area contributed by atoms with Crippen molar-refractivity contribution in [1.82, 2.24) is 4.98 Å². The number of nitrogens with one attached hydrogen (secondary N) is 3. The molecule has 1 aromatic heterocycles. The molecule has 5 nitrogen and oxygen atoms in total. The Kier molecular flexibility index (Phi) is 5.32. The van der Waals surface area contributed by atoms with Gasteiger partial charge in [0.15, 0.2) is 11.5 Å². The van der Waals surface area contributed by atoms with Crippen LogP contribution in [0.5, 0.6) is 11.5 Å². The second kappa shape index (κ2) is 8.03. The molecule has 3 N–H and O–H groups in total. The largest absolute Gasteiger partial charge is 0.493 e. The van der Waals surface area contributed by atoms with E-state index in [4.69, 9.17) is 9.47 Å². The monoisotopic (exact) mass is 367 g/mol. The summed E-state index contributed by atoms with van der Waals surface area (Å²) in [6.45, 7) is 6.97. The second-order valence-corrected chi connectivity index (χ2v) is 7.40. The summed E-state index contributed by atoms with van der Waals surface area (Å²) in [5, 5.41) is 1.37. The van der Waals surface area contributed by atoms with E-state index in [0.717, 1.165) is 24.6 Å². The zero-order valence-electron chi connectivity index (χ0n) is 16.2. The Morgan fingerprint density at radius 3 is 2.30 bits per heavy atom. The van der Waals surface area contributed by atoms with Crippen LogP contribution in [0.25, 0.3) is 10.9 Å². The number of para-hydroxylation sites is 1. The fraction of sp³-hybridized carbons (Fsp3) is 0.364. The minimum absolute atomic E-state index is 0.796. The van der Waals surface area contributed by atoms with E-state index in [1.165, 1.54) is 48.2 Å². The summed E-state index contributed by atoms with van der Waals surface area (Å²) in [4.78, 5) is 6.72. The van der Waals surface area contributed by atoms with Gasteiger partial charge in [-0.2, -0.15) is 0 Å². The number of H-pyrrole nitrogens is 1. The third-order valence-electron chi connectivity index (χ3n) is 5.68. The molecule has 0 atom stereocenters. The molecule has 2 heterocycles. The Morgan fingerprint density at radius 2 is 1.56 bits per heavy atom. The van der Waals surface area contributed by atoms with E-state index >= 15 is 0 Å². The van der Waals surface area contributed by atoms with E-state index in [0.29, 0.717) is 0 Å². The molecule has 1 aliphatic heterocycles. The van der Waals surface area contributed by atoms with Crippen molar-refractivity contribution < 1.29 is 19.3 Å². The molecule has 4 rings (SSSR count). The Bertz CT molecular complexity index is 897. The summed E-state index contributed by atoms with van der Waals surface area (Å²) < 4.78 is 10.8. The summed E-state index contributed by atoms with van der Waals surface area (Å²) in [7, 11) is 3.37. The molecule has 0 bridgehead atoms. The minimum Gasteiger partial charge on any atom is -0.493 e. The smallest absolute Gasteiger partial charge is 0.161 e. The van der Waals surface area contributed by atoms with Crippen LogP contribution in [-0.2, 0) is 13.1 Å². The number of aromatic amines is 1. The zero-order chi connectivity index (χ0) is 18.6. The number of methoxy groups -OCH3 is 2. The van der Waals surface area contributed by atoms with Crippen molar-refractivity contribution in [2.24, 2.45) is 0 Å². The molecule has 142 valence electrons. The van der Waals surface area contributed by atoms with E-state index in [1.807, 2.05) is 6.07 Å². The van der Waals surface area contributed by atoms with Crippen LogP contribution in [0.2, 0.25) is 0 Å². The molecule has 0 unspecified atom stereocenters. The average molecular weight is 367 g/mol. The molecule has 27 heavy (non-hydrogen) atoms. The number of benzene rings is 2. The molecule has 0 aliphatic carbocycles. The van der Waals surface area contributed by atoms with Crippen molar-refractivity contribution >= 4 is 10.9 Å². The molecule has 1 aliphatic rings. The summed E-state index contributed by atoms with van der Waals surface area (Å²) in [5.41, 5.74) is 3.98. The van der Waals surface area contributed by atoms with Crippen LogP contribution < -0.4 is 19.3 Å². The molecule has 0 radical (unpaired) electrons. The Morgan fingerprint density at radius 1 is 0.852 bits per heavy atom. The first kappa shape index (κ1) is 17.9. The lowest BCUT2D eigenvalue weighted by molar-refractivity contribution is -1.02. The molecule has 2 aromatic carbocycles. The summed E-state index contributed by atoms with van der Waals surface area (Å²) in [6, 6.07) is 14.9. The number of hydrogen-bond donors (Lipinski definition) is 3. The normalized spacial score (nSPS) is 19.9. The standard InChI is InChI=1S/C22H27N3O2/c1-26-21-8-7-17(13-22(21)27-2)15-24-9-11-25(12-10-24)16-18-14-23-20-6-4-3-5-19(18)20/h3-8,13-14,23H,9-12,15-16H2,1-2H3/p+2. The zero-order valence-corrected chi connectivity index (χ0v) is 16.2. The average Bonchev–Trinajstić information content (AvgIpc) is 3.12. The van der Waals surface area contributed by atoms with Gasteiger partial charge in [-0.3, -0.25) is 0 Å². The Labute approximate surface area is 160 Å². The highest BCUT2D eigenvalue weighted by Crippen LogP contribution is 2.27. The van der Waals surface area contributed by atoms with Crippen LogP contribution in [0.4, 0.5) is 0 Å². The lowest BCUT2D eigenvalue weighted by Gasteiger charge is -2.29. The van der Waals surface area contributed by atoms with E-state index in [9.17, 15) is 0 Å². The number of hydrogen-bond acceptors (Lipinski definition) is 2. The van der Waals surface area contributed by atoms with Gasteiger partial charge in [-0.25, -0.2) is 0 Å². The van der Waals surface area contributed by atoms with Crippen molar-refractivity contribution in [3.63, 3.8) is 0 Å². The van der Waals surface area contributed by atoms with Gasteiger partial charge in [-0.05, 0) is 24.3 Å². The van der Waals surface area contributed by atoms with Gasteiger partial charge in [-0.1, -0.05) is 18.2 Å². The van der Waals surface area contributed by atoms with Crippen molar-refractivity contribution in [2.45, 2.75) is 13.1 Å². The van der Waals surface area contributed by atoms with E-state index in [-0.39, 0.29) is 0 Å². The molecular weight excluding hydrogens is 338 g/mol. The minimum atomic E-state index is 0.796. The first-order chi connectivity index (χ1) is 13.3. The summed E-state index contributed by atoms with van der Waals surface area (Å²) in [5.74, 6) is 1.61. The Hall–Kier alpha value is -2.50. The first-order valence-electron chi connectivity index (χ1n) is 9.70.